The highest BCUT2D eigenvalue weighted by Gasteiger charge is 2.21. The standard InChI is InChI=1S/C22H19N5O3S/c23-17-7-6-15(13-24-17)20-25-16-12-18(30-22(28)14-4-2-1-3-5-14)31-19(16)21(26-20)27-8-10-29-11-9-27/h1-7,12-13H,8-11H2,(H2,23,24). The van der Waals surface area contributed by atoms with Crippen molar-refractivity contribution in [3.63, 3.8) is 0 Å². The maximum Gasteiger partial charge on any atom is 0.344 e. The highest BCUT2D eigenvalue weighted by molar-refractivity contribution is 7.21. The Morgan fingerprint density at radius 1 is 1.10 bits per heavy atom. The van der Waals surface area contributed by atoms with Crippen LogP contribution in [0.3, 0.4) is 0 Å². The van der Waals surface area contributed by atoms with E-state index in [2.05, 4.69) is 9.88 Å². The summed E-state index contributed by atoms with van der Waals surface area (Å²) in [4.78, 5) is 28.3. The van der Waals surface area contributed by atoms with Crippen molar-refractivity contribution in [3.8, 4) is 16.5 Å². The lowest BCUT2D eigenvalue weighted by atomic mass is 10.2. The smallest absolute Gasteiger partial charge is 0.344 e. The summed E-state index contributed by atoms with van der Waals surface area (Å²) in [6, 6.07) is 14.2. The number of rotatable bonds is 4. The number of pyridine rings is 1. The second-order valence-corrected chi connectivity index (χ2v) is 7.99. The summed E-state index contributed by atoms with van der Waals surface area (Å²) < 4.78 is 12.0. The number of hydrogen-bond acceptors (Lipinski definition) is 9. The van der Waals surface area contributed by atoms with Crippen LogP contribution >= 0.6 is 11.3 Å². The topological polar surface area (TPSA) is 103 Å². The van der Waals surface area contributed by atoms with Crippen LogP contribution in [0, 0.1) is 0 Å². The van der Waals surface area contributed by atoms with Crippen LogP contribution in [0.25, 0.3) is 21.6 Å². The fourth-order valence-corrected chi connectivity index (χ4v) is 4.29. The number of morpholine rings is 1. The third-order valence-electron chi connectivity index (χ3n) is 4.89. The Labute approximate surface area is 182 Å². The first-order chi connectivity index (χ1) is 15.2. The molecule has 31 heavy (non-hydrogen) atoms. The van der Waals surface area contributed by atoms with Gasteiger partial charge in [0.1, 0.15) is 5.82 Å². The van der Waals surface area contributed by atoms with E-state index in [9.17, 15) is 4.79 Å². The molecule has 3 aromatic heterocycles. The van der Waals surface area contributed by atoms with Gasteiger partial charge in [-0.25, -0.2) is 19.7 Å². The van der Waals surface area contributed by atoms with Crippen LogP contribution in [-0.4, -0.2) is 47.2 Å². The Morgan fingerprint density at radius 3 is 2.65 bits per heavy atom. The first-order valence-corrected chi connectivity index (χ1v) is 10.6. The first-order valence-electron chi connectivity index (χ1n) is 9.81. The molecule has 1 aromatic carbocycles. The molecule has 0 atom stereocenters. The maximum atomic E-state index is 12.5. The molecule has 5 rings (SSSR count). The number of ether oxygens (including phenoxy) is 2. The quantitative estimate of drug-likeness (QED) is 0.489. The van der Waals surface area contributed by atoms with Crippen LogP contribution in [0.15, 0.2) is 54.7 Å². The third kappa shape index (κ3) is 4.05. The van der Waals surface area contributed by atoms with E-state index < -0.39 is 5.97 Å². The zero-order valence-electron chi connectivity index (χ0n) is 16.5. The molecule has 0 radical (unpaired) electrons. The molecule has 4 aromatic rings. The molecule has 0 amide bonds. The molecule has 0 spiro atoms. The normalized spacial score (nSPS) is 14.0. The van der Waals surface area contributed by atoms with E-state index in [1.165, 1.54) is 11.3 Å². The van der Waals surface area contributed by atoms with Gasteiger partial charge in [0.15, 0.2) is 16.7 Å². The molecule has 0 saturated carbocycles. The second-order valence-electron chi connectivity index (χ2n) is 6.98. The Kier molecular flexibility index (Phi) is 5.19. The molecule has 1 aliphatic heterocycles. The van der Waals surface area contributed by atoms with E-state index >= 15 is 0 Å². The minimum atomic E-state index is -0.406. The Hall–Kier alpha value is -3.56. The SMILES string of the molecule is Nc1ccc(-c2nc(N3CCOCC3)c3sc(OC(=O)c4ccccc4)cc3n2)cn1. The van der Waals surface area contributed by atoms with Crippen molar-refractivity contribution in [1.82, 2.24) is 15.0 Å². The van der Waals surface area contributed by atoms with Gasteiger partial charge in [0.25, 0.3) is 0 Å². The molecule has 9 heteroatoms. The number of fused-ring (bicyclic) bond motifs is 1. The highest BCUT2D eigenvalue weighted by Crippen LogP contribution is 2.38. The first kappa shape index (κ1) is 19.4. The number of nitrogen functional groups attached to an aromatic ring is 1. The van der Waals surface area contributed by atoms with Crippen molar-refractivity contribution in [2.45, 2.75) is 0 Å². The molecular weight excluding hydrogens is 414 g/mol. The summed E-state index contributed by atoms with van der Waals surface area (Å²) in [6.07, 6.45) is 1.66. The number of thiophene rings is 1. The summed E-state index contributed by atoms with van der Waals surface area (Å²) >= 11 is 1.36. The number of anilines is 2. The largest absolute Gasteiger partial charge is 0.412 e. The minimum Gasteiger partial charge on any atom is -0.412 e. The molecule has 1 fully saturated rings. The van der Waals surface area contributed by atoms with Crippen LogP contribution in [-0.2, 0) is 4.74 Å². The van der Waals surface area contributed by atoms with Crippen LogP contribution < -0.4 is 15.4 Å². The van der Waals surface area contributed by atoms with Crippen molar-refractivity contribution in [1.29, 1.82) is 0 Å². The number of nitrogens with two attached hydrogens (primary N) is 1. The summed E-state index contributed by atoms with van der Waals surface area (Å²) in [5, 5.41) is 0.472. The molecule has 0 aliphatic carbocycles. The van der Waals surface area contributed by atoms with Crippen LogP contribution in [0.1, 0.15) is 10.4 Å². The fourth-order valence-electron chi connectivity index (χ4n) is 3.32. The lowest BCUT2D eigenvalue weighted by molar-refractivity contribution is 0.0741. The van der Waals surface area contributed by atoms with E-state index in [1.54, 1.807) is 42.6 Å². The highest BCUT2D eigenvalue weighted by atomic mass is 32.1. The number of esters is 1. The Bertz CT molecular complexity index is 1220. The number of carbonyl (C=O) groups excluding carboxylic acids is 1. The average Bonchev–Trinajstić information content (AvgIpc) is 3.22. The van der Waals surface area contributed by atoms with Gasteiger partial charge in [-0.3, -0.25) is 0 Å². The molecule has 1 saturated heterocycles. The fraction of sp³-hybridized carbons (Fsp3) is 0.182. The second kappa shape index (κ2) is 8.29. The van der Waals surface area contributed by atoms with E-state index in [-0.39, 0.29) is 0 Å². The van der Waals surface area contributed by atoms with Crippen molar-refractivity contribution in [3.05, 3.63) is 60.3 Å². The predicted molar refractivity (Wildman–Crippen MR) is 119 cm³/mol. The van der Waals surface area contributed by atoms with Gasteiger partial charge in [0.05, 0.1) is 29.0 Å². The number of hydrogen-bond donors (Lipinski definition) is 1. The zero-order chi connectivity index (χ0) is 21.2. The molecule has 0 unspecified atom stereocenters. The summed E-state index contributed by atoms with van der Waals surface area (Å²) in [7, 11) is 0. The predicted octanol–water partition coefficient (Wildman–Crippen LogP) is 3.39. The van der Waals surface area contributed by atoms with Gasteiger partial charge >= 0.3 is 5.97 Å². The molecular formula is C22H19N5O3S. The van der Waals surface area contributed by atoms with Gasteiger partial charge < -0.3 is 20.1 Å². The van der Waals surface area contributed by atoms with Crippen molar-refractivity contribution in [2.24, 2.45) is 0 Å². The van der Waals surface area contributed by atoms with Gasteiger partial charge in [0, 0.05) is 30.9 Å². The van der Waals surface area contributed by atoms with E-state index in [0.717, 1.165) is 29.2 Å². The number of carbonyl (C=O) groups is 1. The van der Waals surface area contributed by atoms with E-state index in [1.807, 2.05) is 12.1 Å². The van der Waals surface area contributed by atoms with Crippen molar-refractivity contribution in [2.75, 3.05) is 36.9 Å². The third-order valence-corrected chi connectivity index (χ3v) is 5.89. The van der Waals surface area contributed by atoms with Gasteiger partial charge in [-0.2, -0.15) is 0 Å². The van der Waals surface area contributed by atoms with Gasteiger partial charge in [-0.05, 0) is 24.3 Å². The molecule has 4 heterocycles. The van der Waals surface area contributed by atoms with Gasteiger partial charge in [-0.15, -0.1) is 0 Å². The van der Waals surface area contributed by atoms with E-state index in [4.69, 9.17) is 25.2 Å². The van der Waals surface area contributed by atoms with E-state index in [0.29, 0.717) is 41.0 Å². The van der Waals surface area contributed by atoms with Crippen molar-refractivity contribution < 1.29 is 14.3 Å². The average molecular weight is 433 g/mol. The summed E-state index contributed by atoms with van der Waals surface area (Å²) in [5.41, 5.74) is 7.69. The number of nitrogens with zero attached hydrogens (tertiary/aromatic N) is 4. The Balaban J connectivity index is 1.56. The minimum absolute atomic E-state index is 0.406. The maximum absolute atomic E-state index is 12.5. The van der Waals surface area contributed by atoms with Gasteiger partial charge in [0.2, 0.25) is 0 Å². The van der Waals surface area contributed by atoms with Gasteiger partial charge in [-0.1, -0.05) is 29.5 Å². The molecule has 1 aliphatic rings. The summed E-state index contributed by atoms with van der Waals surface area (Å²) in [5.74, 6) is 1.37. The van der Waals surface area contributed by atoms with Crippen molar-refractivity contribution >= 4 is 39.2 Å². The lowest BCUT2D eigenvalue weighted by Crippen LogP contribution is -2.36. The molecule has 2 N–H and O–H groups in total. The Morgan fingerprint density at radius 2 is 1.90 bits per heavy atom. The number of benzene rings is 1. The lowest BCUT2D eigenvalue weighted by Gasteiger charge is -2.28. The summed E-state index contributed by atoms with van der Waals surface area (Å²) in [6.45, 7) is 2.71. The zero-order valence-corrected chi connectivity index (χ0v) is 17.3. The molecule has 0 bridgehead atoms. The monoisotopic (exact) mass is 433 g/mol. The van der Waals surface area contributed by atoms with Crippen LogP contribution in [0.5, 0.6) is 5.06 Å². The molecule has 8 nitrogen and oxygen atoms in total. The van der Waals surface area contributed by atoms with Crippen LogP contribution in [0.2, 0.25) is 0 Å². The molecule has 156 valence electrons. The number of aromatic nitrogens is 3. The van der Waals surface area contributed by atoms with Crippen LogP contribution in [0.4, 0.5) is 11.6 Å².